The van der Waals surface area contributed by atoms with Gasteiger partial charge < -0.3 is 9.73 Å². The summed E-state index contributed by atoms with van der Waals surface area (Å²) in [6.07, 6.45) is 0. The van der Waals surface area contributed by atoms with Crippen molar-refractivity contribution in [1.82, 2.24) is 5.32 Å². The Labute approximate surface area is 81.5 Å². The molecule has 1 heterocycles. The fourth-order valence-corrected chi connectivity index (χ4v) is 1.14. The molecule has 0 saturated heterocycles. The monoisotopic (exact) mass is 231 g/mol. The second-order valence-corrected chi connectivity index (χ2v) is 4.59. The van der Waals surface area contributed by atoms with Crippen molar-refractivity contribution < 1.29 is 4.42 Å². The van der Waals surface area contributed by atoms with Crippen molar-refractivity contribution in [2.24, 2.45) is 0 Å². The Morgan fingerprint density at radius 3 is 2.50 bits per heavy atom. The van der Waals surface area contributed by atoms with E-state index in [0.29, 0.717) is 0 Å². The highest BCUT2D eigenvalue weighted by Crippen LogP contribution is 2.14. The van der Waals surface area contributed by atoms with Crippen molar-refractivity contribution in [3.63, 3.8) is 0 Å². The van der Waals surface area contributed by atoms with E-state index in [0.717, 1.165) is 17.0 Å². The van der Waals surface area contributed by atoms with E-state index in [2.05, 4.69) is 42.0 Å². The first-order valence-electron chi connectivity index (χ1n) is 3.97. The molecule has 0 bridgehead atoms. The van der Waals surface area contributed by atoms with E-state index in [9.17, 15) is 0 Å². The SMILES string of the molecule is CC(C)(C)NCc1ccc(Br)o1. The number of hydrogen-bond acceptors (Lipinski definition) is 2. The van der Waals surface area contributed by atoms with E-state index in [4.69, 9.17) is 4.42 Å². The summed E-state index contributed by atoms with van der Waals surface area (Å²) in [7, 11) is 0. The number of halogens is 1. The molecule has 1 rings (SSSR count). The lowest BCUT2D eigenvalue weighted by atomic mass is 10.1. The summed E-state index contributed by atoms with van der Waals surface area (Å²) in [5, 5.41) is 3.34. The lowest BCUT2D eigenvalue weighted by molar-refractivity contribution is 0.383. The van der Waals surface area contributed by atoms with E-state index in [1.54, 1.807) is 0 Å². The number of hydrogen-bond donors (Lipinski definition) is 1. The third-order valence-electron chi connectivity index (χ3n) is 1.42. The van der Waals surface area contributed by atoms with Gasteiger partial charge in [-0.25, -0.2) is 0 Å². The predicted octanol–water partition coefficient (Wildman–Crippen LogP) is 2.93. The first-order valence-corrected chi connectivity index (χ1v) is 4.76. The van der Waals surface area contributed by atoms with Crippen LogP contribution in [0.5, 0.6) is 0 Å². The molecule has 0 atom stereocenters. The zero-order chi connectivity index (χ0) is 9.19. The Hall–Kier alpha value is -0.280. The van der Waals surface area contributed by atoms with Crippen molar-refractivity contribution >= 4 is 15.9 Å². The Balaban J connectivity index is 2.44. The zero-order valence-corrected chi connectivity index (χ0v) is 9.23. The van der Waals surface area contributed by atoms with E-state index < -0.39 is 0 Å². The molecule has 12 heavy (non-hydrogen) atoms. The van der Waals surface area contributed by atoms with E-state index >= 15 is 0 Å². The minimum absolute atomic E-state index is 0.138. The minimum Gasteiger partial charge on any atom is -0.453 e. The lowest BCUT2D eigenvalue weighted by Crippen LogP contribution is -2.34. The molecule has 1 aromatic heterocycles. The van der Waals surface area contributed by atoms with Crippen LogP contribution in [-0.2, 0) is 6.54 Å². The number of nitrogens with one attached hydrogen (secondary N) is 1. The molecular weight excluding hydrogens is 218 g/mol. The first kappa shape index (κ1) is 9.81. The van der Waals surface area contributed by atoms with Crippen LogP contribution in [0.15, 0.2) is 21.2 Å². The molecule has 0 spiro atoms. The topological polar surface area (TPSA) is 25.2 Å². The second-order valence-electron chi connectivity index (χ2n) is 3.81. The van der Waals surface area contributed by atoms with Crippen LogP contribution in [0.3, 0.4) is 0 Å². The highest BCUT2D eigenvalue weighted by Gasteiger charge is 2.09. The summed E-state index contributed by atoms with van der Waals surface area (Å²) in [6.45, 7) is 7.16. The maximum absolute atomic E-state index is 5.33. The van der Waals surface area contributed by atoms with Gasteiger partial charge in [-0.15, -0.1) is 0 Å². The van der Waals surface area contributed by atoms with Gasteiger partial charge in [-0.3, -0.25) is 0 Å². The third-order valence-corrected chi connectivity index (χ3v) is 1.85. The van der Waals surface area contributed by atoms with Gasteiger partial charge in [0.15, 0.2) is 4.67 Å². The fourth-order valence-electron chi connectivity index (χ4n) is 0.799. The predicted molar refractivity (Wildman–Crippen MR) is 53.0 cm³/mol. The maximum atomic E-state index is 5.33. The van der Waals surface area contributed by atoms with Crippen LogP contribution in [-0.4, -0.2) is 5.54 Å². The van der Waals surface area contributed by atoms with Gasteiger partial charge in [0, 0.05) is 5.54 Å². The van der Waals surface area contributed by atoms with Crippen LogP contribution in [0.25, 0.3) is 0 Å². The van der Waals surface area contributed by atoms with Crippen molar-refractivity contribution in [2.45, 2.75) is 32.9 Å². The van der Waals surface area contributed by atoms with E-state index in [-0.39, 0.29) is 5.54 Å². The first-order chi connectivity index (χ1) is 5.47. The zero-order valence-electron chi connectivity index (χ0n) is 7.65. The van der Waals surface area contributed by atoms with Crippen LogP contribution in [0.4, 0.5) is 0 Å². The third kappa shape index (κ3) is 3.41. The second kappa shape index (κ2) is 3.62. The number of rotatable bonds is 2. The molecular formula is C9H14BrNO. The minimum atomic E-state index is 0.138. The molecule has 0 fully saturated rings. The van der Waals surface area contributed by atoms with E-state index in [1.165, 1.54) is 0 Å². The molecule has 1 aromatic rings. The average molecular weight is 232 g/mol. The summed E-state index contributed by atoms with van der Waals surface area (Å²) >= 11 is 3.26. The van der Waals surface area contributed by atoms with Crippen molar-refractivity contribution in [3.8, 4) is 0 Å². The van der Waals surface area contributed by atoms with Crippen LogP contribution in [0, 0.1) is 0 Å². The summed E-state index contributed by atoms with van der Waals surface area (Å²) in [5.41, 5.74) is 0.138. The summed E-state index contributed by atoms with van der Waals surface area (Å²) < 4.78 is 6.12. The maximum Gasteiger partial charge on any atom is 0.169 e. The van der Waals surface area contributed by atoms with Gasteiger partial charge in [-0.1, -0.05) is 0 Å². The molecule has 0 saturated carbocycles. The summed E-state index contributed by atoms with van der Waals surface area (Å²) in [5.74, 6) is 0.955. The summed E-state index contributed by atoms with van der Waals surface area (Å²) in [4.78, 5) is 0. The molecule has 0 aliphatic heterocycles. The van der Waals surface area contributed by atoms with Gasteiger partial charge in [0.1, 0.15) is 5.76 Å². The standard InChI is InChI=1S/C9H14BrNO/c1-9(2,3)11-6-7-4-5-8(10)12-7/h4-5,11H,6H2,1-3H3. The Bertz CT molecular complexity index is 249. The molecule has 3 heteroatoms. The van der Waals surface area contributed by atoms with Crippen molar-refractivity contribution in [1.29, 1.82) is 0 Å². The smallest absolute Gasteiger partial charge is 0.169 e. The van der Waals surface area contributed by atoms with Crippen molar-refractivity contribution in [2.75, 3.05) is 0 Å². The molecule has 0 aliphatic rings. The molecule has 0 radical (unpaired) electrons. The largest absolute Gasteiger partial charge is 0.453 e. The van der Waals surface area contributed by atoms with Gasteiger partial charge in [0.25, 0.3) is 0 Å². The molecule has 2 nitrogen and oxygen atoms in total. The van der Waals surface area contributed by atoms with Crippen LogP contribution >= 0.6 is 15.9 Å². The van der Waals surface area contributed by atoms with E-state index in [1.807, 2.05) is 12.1 Å². The molecule has 0 aliphatic carbocycles. The quantitative estimate of drug-likeness (QED) is 0.847. The van der Waals surface area contributed by atoms with Gasteiger partial charge >= 0.3 is 0 Å². The van der Waals surface area contributed by atoms with Gasteiger partial charge in [0.05, 0.1) is 6.54 Å². The van der Waals surface area contributed by atoms with Crippen LogP contribution in [0.2, 0.25) is 0 Å². The molecule has 1 N–H and O–H groups in total. The van der Waals surface area contributed by atoms with Crippen molar-refractivity contribution in [3.05, 3.63) is 22.6 Å². The fraction of sp³-hybridized carbons (Fsp3) is 0.556. The normalized spacial score (nSPS) is 12.0. The van der Waals surface area contributed by atoms with Crippen LogP contribution < -0.4 is 5.32 Å². The molecule has 68 valence electrons. The Morgan fingerprint density at radius 2 is 2.08 bits per heavy atom. The van der Waals surface area contributed by atoms with Gasteiger partial charge in [-0.2, -0.15) is 0 Å². The summed E-state index contributed by atoms with van der Waals surface area (Å²) in [6, 6.07) is 3.86. The highest BCUT2D eigenvalue weighted by atomic mass is 79.9. The highest BCUT2D eigenvalue weighted by molar-refractivity contribution is 9.10. The Kier molecular flexibility index (Phi) is 2.96. The average Bonchev–Trinajstić information content (AvgIpc) is 2.30. The number of furan rings is 1. The van der Waals surface area contributed by atoms with Gasteiger partial charge in [0.2, 0.25) is 0 Å². The molecule has 0 aromatic carbocycles. The lowest BCUT2D eigenvalue weighted by Gasteiger charge is -2.19. The molecule has 0 unspecified atom stereocenters. The molecule has 0 amide bonds. The van der Waals surface area contributed by atoms with Crippen LogP contribution in [0.1, 0.15) is 26.5 Å². The van der Waals surface area contributed by atoms with Gasteiger partial charge in [-0.05, 0) is 48.8 Å². The Morgan fingerprint density at radius 1 is 1.42 bits per heavy atom.